The van der Waals surface area contributed by atoms with E-state index in [1.54, 1.807) is 24.1 Å². The van der Waals surface area contributed by atoms with Crippen molar-refractivity contribution >= 4 is 29.1 Å². The highest BCUT2D eigenvalue weighted by atomic mass is 16.5. The fourth-order valence-corrected chi connectivity index (χ4v) is 3.52. The number of likely N-dealkylation sites (tertiary alicyclic amines) is 1. The normalized spacial score (nSPS) is 13.8. The van der Waals surface area contributed by atoms with Gasteiger partial charge in [0.15, 0.2) is 5.69 Å². The van der Waals surface area contributed by atoms with E-state index in [-0.39, 0.29) is 23.9 Å². The van der Waals surface area contributed by atoms with Crippen LogP contribution in [0.15, 0.2) is 36.4 Å². The predicted octanol–water partition coefficient (Wildman–Crippen LogP) is 2.80. The van der Waals surface area contributed by atoms with Gasteiger partial charge < -0.3 is 15.0 Å². The van der Waals surface area contributed by atoms with Crippen LogP contribution in [0.25, 0.3) is 0 Å². The summed E-state index contributed by atoms with van der Waals surface area (Å²) >= 11 is 0. The lowest BCUT2D eigenvalue weighted by Gasteiger charge is -2.27. The van der Waals surface area contributed by atoms with Gasteiger partial charge in [-0.1, -0.05) is 18.2 Å². The number of quaternary nitrogens is 1. The summed E-state index contributed by atoms with van der Waals surface area (Å²) in [7, 11) is 0. The second kappa shape index (κ2) is 9.43. The highest BCUT2D eigenvalue weighted by molar-refractivity contribution is 6.11. The van der Waals surface area contributed by atoms with Crippen LogP contribution in [-0.4, -0.2) is 47.2 Å². The van der Waals surface area contributed by atoms with Crippen LogP contribution in [0.3, 0.4) is 0 Å². The fraction of sp³-hybridized carbons (Fsp3) is 0.364. The Kier molecular flexibility index (Phi) is 6.72. The molecule has 7 nitrogen and oxygen atoms in total. The lowest BCUT2D eigenvalue weighted by atomic mass is 10.0. The molecule has 0 bridgehead atoms. The van der Waals surface area contributed by atoms with Gasteiger partial charge in [-0.15, -0.1) is 0 Å². The zero-order valence-corrected chi connectivity index (χ0v) is 16.9. The Bertz CT molecular complexity index is 906. The molecule has 1 aromatic heterocycles. The van der Waals surface area contributed by atoms with E-state index in [0.717, 1.165) is 24.9 Å². The van der Waals surface area contributed by atoms with Gasteiger partial charge in [0.2, 0.25) is 5.82 Å². The van der Waals surface area contributed by atoms with Gasteiger partial charge in [0, 0.05) is 18.8 Å². The number of carbonyl (C=O) groups excluding carboxylic acids is 2. The van der Waals surface area contributed by atoms with E-state index in [4.69, 9.17) is 10.1 Å². The summed E-state index contributed by atoms with van der Waals surface area (Å²) in [4.78, 5) is 32.0. The Morgan fingerprint density at radius 1 is 1.17 bits per heavy atom. The molecular weight excluding hydrogens is 368 g/mol. The minimum absolute atomic E-state index is 0.0828. The average Bonchev–Trinajstić information content (AvgIpc) is 2.74. The van der Waals surface area contributed by atoms with Crippen LogP contribution in [0, 0.1) is 5.41 Å². The number of hydrogen-bond acceptors (Lipinski definition) is 5. The predicted molar refractivity (Wildman–Crippen MR) is 110 cm³/mol. The van der Waals surface area contributed by atoms with Gasteiger partial charge in [-0.05, 0) is 51.3 Å². The van der Waals surface area contributed by atoms with Crippen molar-refractivity contribution in [2.45, 2.75) is 33.1 Å². The van der Waals surface area contributed by atoms with E-state index in [9.17, 15) is 9.59 Å². The van der Waals surface area contributed by atoms with Crippen LogP contribution in [0.5, 0.6) is 0 Å². The first-order valence-electron chi connectivity index (χ1n) is 9.98. The molecule has 2 heterocycles. The third-order valence-corrected chi connectivity index (χ3v) is 4.88. The van der Waals surface area contributed by atoms with Crippen molar-refractivity contribution in [3.05, 3.63) is 53.2 Å². The highest BCUT2D eigenvalue weighted by Crippen LogP contribution is 2.22. The summed E-state index contributed by atoms with van der Waals surface area (Å²) in [5.41, 5.74) is 1.98. The second-order valence-electron chi connectivity index (χ2n) is 7.07. The Hall–Kier alpha value is -3.06. The van der Waals surface area contributed by atoms with Crippen LogP contribution in [0.4, 0.5) is 11.5 Å². The van der Waals surface area contributed by atoms with Crippen LogP contribution in [0.1, 0.15) is 59.5 Å². The summed E-state index contributed by atoms with van der Waals surface area (Å²) in [5.74, 6) is -0.311. The number of pyridine rings is 1. The number of nitrogens with zero attached hydrogens (tertiary/aromatic N) is 2. The van der Waals surface area contributed by atoms with Crippen molar-refractivity contribution in [2.24, 2.45) is 0 Å². The monoisotopic (exact) mass is 395 g/mol. The van der Waals surface area contributed by atoms with E-state index in [1.165, 1.54) is 6.07 Å². The molecule has 3 rings (SSSR count). The minimum atomic E-state index is -0.572. The van der Waals surface area contributed by atoms with Gasteiger partial charge in [-0.25, -0.2) is 4.79 Å². The molecule has 1 aliphatic heterocycles. The van der Waals surface area contributed by atoms with E-state index in [1.807, 2.05) is 30.3 Å². The molecule has 1 saturated heterocycles. The second-order valence-corrected chi connectivity index (χ2v) is 7.07. The molecule has 0 spiro atoms. The molecule has 3 N–H and O–H groups in total. The van der Waals surface area contributed by atoms with Gasteiger partial charge in [0.05, 0.1) is 17.7 Å². The number of aromatic nitrogens is 1. The van der Waals surface area contributed by atoms with E-state index in [2.05, 4.69) is 4.98 Å². The third-order valence-electron chi connectivity index (χ3n) is 4.88. The number of rotatable bonds is 6. The van der Waals surface area contributed by atoms with Crippen LogP contribution < -0.4 is 5.32 Å². The third kappa shape index (κ3) is 4.86. The zero-order valence-electron chi connectivity index (χ0n) is 16.9. The topological polar surface area (TPSA) is 100.0 Å². The first kappa shape index (κ1) is 20.7. The number of amides is 1. The maximum atomic E-state index is 13.3. The summed E-state index contributed by atoms with van der Waals surface area (Å²) < 4.78 is 5.12. The summed E-state index contributed by atoms with van der Waals surface area (Å²) in [6, 6.07) is 11.0. The standard InChI is InChI=1S/C22H26N4O3/c1-3-29-22(28)18-14-17(21(27)26-12-8-5-9-13-26)19(15(2)23)20(25-18)24-16-10-6-4-7-11-16/h4,6-7,10-11,14,23H,3,5,8-9,12-13H2,1-2H3,(H,24,25)/p+1. The molecule has 1 aliphatic rings. The fourth-order valence-electron chi connectivity index (χ4n) is 3.52. The summed E-state index contributed by atoms with van der Waals surface area (Å²) in [5, 5.41) is 10.1. The van der Waals surface area contributed by atoms with Crippen molar-refractivity contribution in [1.82, 2.24) is 9.88 Å². The molecule has 0 unspecified atom stereocenters. The first-order valence-corrected chi connectivity index (χ1v) is 9.98. The van der Waals surface area contributed by atoms with Crippen molar-refractivity contribution in [2.75, 3.05) is 19.7 Å². The highest BCUT2D eigenvalue weighted by Gasteiger charge is 2.28. The largest absolute Gasteiger partial charge is 0.461 e. The molecule has 2 aromatic rings. The number of piperidine rings is 1. The van der Waals surface area contributed by atoms with Gasteiger partial charge in [-0.3, -0.25) is 10.1 Å². The van der Waals surface area contributed by atoms with Gasteiger partial charge >= 0.3 is 5.97 Å². The Balaban J connectivity index is 2.11. The maximum absolute atomic E-state index is 13.3. The number of esters is 1. The number of nitrogens with two attached hydrogens (primary N) is 1. The average molecular weight is 395 g/mol. The Morgan fingerprint density at radius 3 is 2.48 bits per heavy atom. The summed E-state index contributed by atoms with van der Waals surface area (Å²) in [6.07, 6.45) is 3.03. The number of hydrogen-bond donors (Lipinski definition) is 2. The molecular formula is C22H27N4O3+. The van der Waals surface area contributed by atoms with E-state index < -0.39 is 5.97 Å². The van der Waals surface area contributed by atoms with Gasteiger partial charge in [0.1, 0.15) is 5.69 Å². The van der Waals surface area contributed by atoms with Gasteiger partial charge in [-0.2, -0.15) is 4.98 Å². The first-order chi connectivity index (χ1) is 14.0. The lowest BCUT2D eigenvalue weighted by molar-refractivity contribution is -0.483. The Morgan fingerprint density at radius 2 is 1.86 bits per heavy atom. The molecule has 0 atom stereocenters. The smallest absolute Gasteiger partial charge is 0.357 e. The number of nitrogens with one attached hydrogen (secondary N) is 1. The van der Waals surface area contributed by atoms with Crippen LogP contribution in [0.2, 0.25) is 0 Å². The quantitative estimate of drug-likeness (QED) is 0.446. The number of benzene rings is 1. The molecule has 1 fully saturated rings. The van der Waals surface area contributed by atoms with Crippen molar-refractivity contribution < 1.29 is 19.6 Å². The van der Waals surface area contributed by atoms with Gasteiger partial charge in [0.25, 0.3) is 5.91 Å². The number of ether oxygens (including phenoxy) is 1. The van der Waals surface area contributed by atoms with Crippen LogP contribution in [-0.2, 0) is 4.74 Å². The van der Waals surface area contributed by atoms with Crippen molar-refractivity contribution in [1.29, 1.82) is 5.41 Å². The Labute approximate surface area is 170 Å². The molecule has 0 radical (unpaired) electrons. The molecule has 1 amide bonds. The summed E-state index contributed by atoms with van der Waals surface area (Å²) in [6.45, 7) is 4.95. The molecule has 7 heteroatoms. The number of para-hydroxylation sites is 1. The van der Waals surface area contributed by atoms with E-state index >= 15 is 0 Å². The van der Waals surface area contributed by atoms with Crippen LogP contribution >= 0.6 is 0 Å². The van der Waals surface area contributed by atoms with Crippen molar-refractivity contribution in [3.63, 3.8) is 0 Å². The molecule has 0 saturated carbocycles. The van der Waals surface area contributed by atoms with E-state index in [0.29, 0.717) is 30.0 Å². The molecule has 1 aromatic carbocycles. The molecule has 0 aliphatic carbocycles. The zero-order chi connectivity index (χ0) is 20.8. The SMILES string of the molecule is CCOC(=O)c1cc(C(=O)N2CCCCC2)c(C(C)=N)c([NH2+]c2ccccc2)n1. The van der Waals surface area contributed by atoms with Crippen molar-refractivity contribution in [3.8, 4) is 0 Å². The minimum Gasteiger partial charge on any atom is -0.461 e. The molecule has 29 heavy (non-hydrogen) atoms. The molecule has 152 valence electrons. The maximum Gasteiger partial charge on any atom is 0.357 e. The number of carbonyl (C=O) groups is 2. The lowest BCUT2D eigenvalue weighted by Crippen LogP contribution is -2.72.